The summed E-state index contributed by atoms with van der Waals surface area (Å²) in [7, 11) is 0. The van der Waals surface area contributed by atoms with Gasteiger partial charge in [0.1, 0.15) is 11.3 Å². The van der Waals surface area contributed by atoms with Crippen LogP contribution in [0.1, 0.15) is 11.4 Å². The third-order valence-corrected chi connectivity index (χ3v) is 2.69. The minimum atomic E-state index is 0.601. The summed E-state index contributed by atoms with van der Waals surface area (Å²) < 4.78 is 5.22. The molecule has 2 aromatic rings. The number of aromatic nitrogens is 2. The van der Waals surface area contributed by atoms with Gasteiger partial charge in [0.25, 0.3) is 5.22 Å². The van der Waals surface area contributed by atoms with Crippen molar-refractivity contribution in [1.82, 2.24) is 9.97 Å². The van der Waals surface area contributed by atoms with Crippen molar-refractivity contribution < 1.29 is 4.42 Å². The van der Waals surface area contributed by atoms with Crippen LogP contribution < -0.4 is 5.73 Å². The van der Waals surface area contributed by atoms with Gasteiger partial charge in [-0.05, 0) is 37.7 Å². The SMILES string of the molecule is Cc1coc(Sc2ccc(N)c(C)n2)n1. The number of hydrogen-bond acceptors (Lipinski definition) is 5. The van der Waals surface area contributed by atoms with Gasteiger partial charge in [0.15, 0.2) is 0 Å². The van der Waals surface area contributed by atoms with E-state index < -0.39 is 0 Å². The van der Waals surface area contributed by atoms with E-state index in [4.69, 9.17) is 10.2 Å². The number of anilines is 1. The van der Waals surface area contributed by atoms with E-state index in [1.807, 2.05) is 26.0 Å². The van der Waals surface area contributed by atoms with E-state index in [1.165, 1.54) is 11.8 Å². The van der Waals surface area contributed by atoms with Crippen molar-refractivity contribution in [3.8, 4) is 0 Å². The van der Waals surface area contributed by atoms with E-state index in [0.29, 0.717) is 10.9 Å². The minimum Gasteiger partial charge on any atom is -0.439 e. The van der Waals surface area contributed by atoms with Crippen LogP contribution in [0, 0.1) is 13.8 Å². The van der Waals surface area contributed by atoms with Gasteiger partial charge in [0, 0.05) is 0 Å². The van der Waals surface area contributed by atoms with Crippen LogP contribution in [0.4, 0.5) is 5.69 Å². The maximum absolute atomic E-state index is 5.68. The van der Waals surface area contributed by atoms with E-state index in [-0.39, 0.29) is 0 Å². The Labute approximate surface area is 91.9 Å². The van der Waals surface area contributed by atoms with Crippen LogP contribution >= 0.6 is 11.8 Å². The minimum absolute atomic E-state index is 0.601. The van der Waals surface area contributed by atoms with Crippen molar-refractivity contribution in [2.24, 2.45) is 0 Å². The Balaban J connectivity index is 2.21. The molecule has 0 spiro atoms. The van der Waals surface area contributed by atoms with Crippen LogP contribution in [-0.2, 0) is 0 Å². The number of pyridine rings is 1. The molecular weight excluding hydrogens is 210 g/mol. The van der Waals surface area contributed by atoms with Gasteiger partial charge < -0.3 is 10.2 Å². The molecule has 0 saturated heterocycles. The smallest absolute Gasteiger partial charge is 0.262 e. The molecule has 2 rings (SSSR count). The summed E-state index contributed by atoms with van der Waals surface area (Å²) in [6, 6.07) is 3.69. The molecule has 0 unspecified atom stereocenters. The zero-order valence-electron chi connectivity index (χ0n) is 8.52. The lowest BCUT2D eigenvalue weighted by Gasteiger charge is -2.00. The van der Waals surface area contributed by atoms with E-state index in [0.717, 1.165) is 16.4 Å². The average molecular weight is 221 g/mol. The molecule has 0 atom stereocenters. The fourth-order valence-electron chi connectivity index (χ4n) is 1.07. The Morgan fingerprint density at radius 2 is 2.07 bits per heavy atom. The molecule has 0 fully saturated rings. The van der Waals surface area contributed by atoms with E-state index in [2.05, 4.69) is 9.97 Å². The molecule has 0 aliphatic carbocycles. The van der Waals surface area contributed by atoms with Crippen molar-refractivity contribution in [3.05, 3.63) is 29.8 Å². The summed E-state index contributed by atoms with van der Waals surface area (Å²) in [4.78, 5) is 8.50. The second kappa shape index (κ2) is 3.94. The molecule has 0 aromatic carbocycles. The molecule has 0 saturated carbocycles. The van der Waals surface area contributed by atoms with Gasteiger partial charge >= 0.3 is 0 Å². The number of nitrogens with zero attached hydrogens (tertiary/aromatic N) is 2. The molecule has 2 aromatic heterocycles. The normalized spacial score (nSPS) is 10.5. The van der Waals surface area contributed by atoms with Gasteiger partial charge in [-0.15, -0.1) is 0 Å². The van der Waals surface area contributed by atoms with Gasteiger partial charge in [-0.25, -0.2) is 9.97 Å². The molecule has 0 radical (unpaired) electrons. The number of hydrogen-bond donors (Lipinski definition) is 1. The molecule has 0 bridgehead atoms. The van der Waals surface area contributed by atoms with Crippen molar-refractivity contribution in [2.45, 2.75) is 24.1 Å². The molecule has 5 heteroatoms. The maximum Gasteiger partial charge on any atom is 0.262 e. The number of nitrogen functional groups attached to an aromatic ring is 1. The molecule has 0 amide bonds. The molecule has 0 aliphatic heterocycles. The Bertz CT molecular complexity index is 481. The molecule has 78 valence electrons. The summed E-state index contributed by atoms with van der Waals surface area (Å²) in [5.74, 6) is 0. The third kappa shape index (κ3) is 2.30. The summed E-state index contributed by atoms with van der Waals surface area (Å²) in [5, 5.41) is 1.44. The molecule has 0 aliphatic rings. The standard InChI is InChI=1S/C10H11N3OS/c1-6-5-14-10(12-6)15-9-4-3-8(11)7(2)13-9/h3-5H,11H2,1-2H3. The van der Waals surface area contributed by atoms with E-state index >= 15 is 0 Å². The zero-order valence-corrected chi connectivity index (χ0v) is 9.34. The van der Waals surface area contributed by atoms with Gasteiger partial charge in [-0.1, -0.05) is 0 Å². The summed E-state index contributed by atoms with van der Waals surface area (Å²) in [5.41, 5.74) is 8.06. The summed E-state index contributed by atoms with van der Waals surface area (Å²) in [6.45, 7) is 3.76. The van der Waals surface area contributed by atoms with E-state index in [9.17, 15) is 0 Å². The van der Waals surface area contributed by atoms with Crippen molar-refractivity contribution >= 4 is 17.4 Å². The van der Waals surface area contributed by atoms with Crippen LogP contribution in [0.3, 0.4) is 0 Å². The van der Waals surface area contributed by atoms with Crippen LogP contribution in [0.25, 0.3) is 0 Å². The first-order valence-electron chi connectivity index (χ1n) is 4.48. The second-order valence-corrected chi connectivity index (χ2v) is 4.15. The maximum atomic E-state index is 5.68. The number of oxazole rings is 1. The van der Waals surface area contributed by atoms with Gasteiger partial charge in [-0.3, -0.25) is 0 Å². The quantitative estimate of drug-likeness (QED) is 0.843. The largest absolute Gasteiger partial charge is 0.439 e. The molecule has 4 nitrogen and oxygen atoms in total. The molecular formula is C10H11N3OS. The number of rotatable bonds is 2. The monoisotopic (exact) mass is 221 g/mol. The highest BCUT2D eigenvalue weighted by Crippen LogP contribution is 2.26. The highest BCUT2D eigenvalue weighted by atomic mass is 32.2. The number of nitrogens with two attached hydrogens (primary N) is 1. The average Bonchev–Trinajstić information content (AvgIpc) is 2.58. The third-order valence-electron chi connectivity index (χ3n) is 1.89. The Hall–Kier alpha value is -1.49. The molecule has 15 heavy (non-hydrogen) atoms. The fourth-order valence-corrected chi connectivity index (χ4v) is 1.86. The predicted octanol–water partition coefficient (Wildman–Crippen LogP) is 2.42. The first-order chi connectivity index (χ1) is 7.15. The highest BCUT2D eigenvalue weighted by Gasteiger charge is 2.05. The Kier molecular flexibility index (Phi) is 2.64. The van der Waals surface area contributed by atoms with Crippen molar-refractivity contribution in [1.29, 1.82) is 0 Å². The van der Waals surface area contributed by atoms with Crippen molar-refractivity contribution in [3.63, 3.8) is 0 Å². The van der Waals surface area contributed by atoms with Gasteiger partial charge in [0.2, 0.25) is 0 Å². The zero-order chi connectivity index (χ0) is 10.8. The Morgan fingerprint density at radius 1 is 1.27 bits per heavy atom. The topological polar surface area (TPSA) is 64.9 Å². The summed E-state index contributed by atoms with van der Waals surface area (Å²) in [6.07, 6.45) is 1.62. The lowest BCUT2D eigenvalue weighted by atomic mass is 10.3. The second-order valence-electron chi connectivity index (χ2n) is 3.18. The van der Waals surface area contributed by atoms with Gasteiger partial charge in [-0.2, -0.15) is 0 Å². The summed E-state index contributed by atoms with van der Waals surface area (Å²) >= 11 is 1.39. The highest BCUT2D eigenvalue weighted by molar-refractivity contribution is 7.99. The predicted molar refractivity (Wildman–Crippen MR) is 58.7 cm³/mol. The Morgan fingerprint density at radius 3 is 2.67 bits per heavy atom. The van der Waals surface area contributed by atoms with Gasteiger partial charge in [0.05, 0.1) is 17.1 Å². The van der Waals surface area contributed by atoms with Crippen LogP contribution in [-0.4, -0.2) is 9.97 Å². The lowest BCUT2D eigenvalue weighted by molar-refractivity contribution is 0.454. The molecule has 2 N–H and O–H groups in total. The molecule has 2 heterocycles. The van der Waals surface area contributed by atoms with Crippen molar-refractivity contribution in [2.75, 3.05) is 5.73 Å². The first-order valence-corrected chi connectivity index (χ1v) is 5.30. The van der Waals surface area contributed by atoms with E-state index in [1.54, 1.807) is 6.26 Å². The van der Waals surface area contributed by atoms with Crippen LogP contribution in [0.2, 0.25) is 0 Å². The van der Waals surface area contributed by atoms with Crippen LogP contribution in [0.15, 0.2) is 33.1 Å². The first kappa shape index (κ1) is 10.0. The van der Waals surface area contributed by atoms with Crippen LogP contribution in [0.5, 0.6) is 0 Å². The number of aryl methyl sites for hydroxylation is 2. The fraction of sp³-hybridized carbons (Fsp3) is 0.200. The lowest BCUT2D eigenvalue weighted by Crippen LogP contribution is -1.93.